The fraction of sp³-hybridized carbons (Fsp3) is 0.912. The smallest absolute Gasteiger partial charge is 0.330 e. The molecule has 0 fully saturated rings. The summed E-state index contributed by atoms with van der Waals surface area (Å²) in [6.45, 7) is 4.66. The van der Waals surface area contributed by atoms with E-state index in [4.69, 9.17) is 0 Å². The van der Waals surface area contributed by atoms with Crippen molar-refractivity contribution in [2.45, 2.75) is 193 Å². The van der Waals surface area contributed by atoms with Crippen LogP contribution in [-0.2, 0) is 9.53 Å². The number of rotatable bonds is 31. The lowest BCUT2D eigenvalue weighted by Gasteiger charge is -2.15. The third kappa shape index (κ3) is 29.6. The largest absolute Gasteiger partial charge is 0.456 e. The standard InChI is InChI=1S/C34H64F2O2/c1-3-5-6-7-8-9-10-11-12-13-14-15-16-17-18-19-20-21-22-23-24-25-26-27-28-29-30-31-34(35,36)32-38-33(37)4-2/h4H,2-3,5-32H2,1H3. The van der Waals surface area contributed by atoms with E-state index in [9.17, 15) is 13.6 Å². The fourth-order valence-corrected chi connectivity index (χ4v) is 5.18. The van der Waals surface area contributed by atoms with Crippen molar-refractivity contribution in [2.75, 3.05) is 6.61 Å². The summed E-state index contributed by atoms with van der Waals surface area (Å²) in [5, 5.41) is 0. The van der Waals surface area contributed by atoms with Crippen LogP contribution in [0.2, 0.25) is 0 Å². The molecular formula is C34H64F2O2. The van der Waals surface area contributed by atoms with Crippen LogP contribution in [0.1, 0.15) is 187 Å². The summed E-state index contributed by atoms with van der Waals surface area (Å²) >= 11 is 0. The zero-order valence-corrected chi connectivity index (χ0v) is 25.4. The highest BCUT2D eigenvalue weighted by Crippen LogP contribution is 2.23. The topological polar surface area (TPSA) is 26.3 Å². The van der Waals surface area contributed by atoms with E-state index in [2.05, 4.69) is 18.2 Å². The zero-order valence-electron chi connectivity index (χ0n) is 25.4. The van der Waals surface area contributed by atoms with Gasteiger partial charge in [-0.25, -0.2) is 13.6 Å². The minimum Gasteiger partial charge on any atom is -0.456 e. The Hall–Kier alpha value is -0.930. The molecule has 0 aliphatic rings. The molecule has 0 saturated carbocycles. The van der Waals surface area contributed by atoms with Gasteiger partial charge >= 0.3 is 5.97 Å². The molecule has 0 aliphatic carbocycles. The highest BCUT2D eigenvalue weighted by molar-refractivity contribution is 5.81. The van der Waals surface area contributed by atoms with Crippen LogP contribution in [0, 0.1) is 0 Å². The molecule has 0 aliphatic heterocycles. The maximum Gasteiger partial charge on any atom is 0.330 e. The molecule has 38 heavy (non-hydrogen) atoms. The van der Waals surface area contributed by atoms with Gasteiger partial charge in [0.2, 0.25) is 0 Å². The van der Waals surface area contributed by atoms with Crippen molar-refractivity contribution in [3.8, 4) is 0 Å². The molecule has 2 nitrogen and oxygen atoms in total. The molecule has 4 heteroatoms. The van der Waals surface area contributed by atoms with Crippen molar-refractivity contribution in [3.63, 3.8) is 0 Å². The van der Waals surface area contributed by atoms with Gasteiger partial charge in [0.05, 0.1) is 0 Å². The van der Waals surface area contributed by atoms with Crippen LogP contribution in [0.3, 0.4) is 0 Å². The van der Waals surface area contributed by atoms with Gasteiger partial charge in [0.25, 0.3) is 5.92 Å². The van der Waals surface area contributed by atoms with E-state index in [1.54, 1.807) is 0 Å². The maximum absolute atomic E-state index is 13.6. The fourth-order valence-electron chi connectivity index (χ4n) is 5.18. The number of ether oxygens (including phenoxy) is 1. The van der Waals surface area contributed by atoms with Crippen LogP contribution in [-0.4, -0.2) is 18.5 Å². The first kappa shape index (κ1) is 37.1. The Kier molecular flexibility index (Phi) is 28.4. The predicted octanol–water partition coefficient (Wildman–Crippen LogP) is 12.3. The Morgan fingerprint density at radius 1 is 0.553 bits per heavy atom. The first-order chi connectivity index (χ1) is 18.5. The van der Waals surface area contributed by atoms with Crippen LogP contribution in [0.4, 0.5) is 8.78 Å². The predicted molar refractivity (Wildman–Crippen MR) is 161 cm³/mol. The number of halogens is 2. The van der Waals surface area contributed by atoms with Crippen molar-refractivity contribution in [1.82, 2.24) is 0 Å². The summed E-state index contributed by atoms with van der Waals surface area (Å²) in [4.78, 5) is 10.9. The number of carbonyl (C=O) groups excluding carboxylic acids is 1. The molecule has 0 aromatic heterocycles. The van der Waals surface area contributed by atoms with Crippen molar-refractivity contribution in [2.24, 2.45) is 0 Å². The van der Waals surface area contributed by atoms with Gasteiger partial charge in [0, 0.05) is 12.5 Å². The highest BCUT2D eigenvalue weighted by Gasteiger charge is 2.29. The second-order valence-electron chi connectivity index (χ2n) is 11.6. The number of alkyl halides is 2. The first-order valence-corrected chi connectivity index (χ1v) is 16.7. The number of hydrogen-bond donors (Lipinski definition) is 0. The lowest BCUT2D eigenvalue weighted by Crippen LogP contribution is -2.25. The van der Waals surface area contributed by atoms with E-state index < -0.39 is 18.5 Å². The van der Waals surface area contributed by atoms with Gasteiger partial charge in [-0.1, -0.05) is 180 Å². The Balaban J connectivity index is 3.16. The van der Waals surface area contributed by atoms with Gasteiger partial charge in [0.1, 0.15) is 0 Å². The molecule has 0 N–H and O–H groups in total. The molecular weight excluding hydrogens is 478 g/mol. The minimum absolute atomic E-state index is 0.211. The molecule has 0 bridgehead atoms. The SMILES string of the molecule is C=CC(=O)OCC(F)(F)CCCCCCCCCCCCCCCCCCCCCCCCCCCCC. The molecule has 0 saturated heterocycles. The first-order valence-electron chi connectivity index (χ1n) is 16.7. The molecule has 0 aromatic rings. The minimum atomic E-state index is -2.93. The molecule has 0 amide bonds. The molecule has 0 spiro atoms. The van der Waals surface area contributed by atoms with E-state index in [0.29, 0.717) is 6.42 Å². The van der Waals surface area contributed by atoms with Crippen molar-refractivity contribution in [3.05, 3.63) is 12.7 Å². The molecule has 0 heterocycles. The Labute approximate surface area is 236 Å². The van der Waals surface area contributed by atoms with E-state index in [1.165, 1.54) is 148 Å². The second kappa shape index (κ2) is 29.1. The van der Waals surface area contributed by atoms with E-state index in [0.717, 1.165) is 25.3 Å². The van der Waals surface area contributed by atoms with E-state index >= 15 is 0 Å². The second-order valence-corrected chi connectivity index (χ2v) is 11.6. The highest BCUT2D eigenvalue weighted by atomic mass is 19.3. The Morgan fingerprint density at radius 2 is 0.816 bits per heavy atom. The lowest BCUT2D eigenvalue weighted by molar-refractivity contribution is -0.150. The van der Waals surface area contributed by atoms with Crippen LogP contribution in [0.15, 0.2) is 12.7 Å². The average molecular weight is 543 g/mol. The number of hydrogen-bond acceptors (Lipinski definition) is 2. The van der Waals surface area contributed by atoms with Gasteiger partial charge in [-0.2, -0.15) is 0 Å². The summed E-state index contributed by atoms with van der Waals surface area (Å²) in [6.07, 6.45) is 36.4. The summed E-state index contributed by atoms with van der Waals surface area (Å²) < 4.78 is 31.7. The summed E-state index contributed by atoms with van der Waals surface area (Å²) in [7, 11) is 0. The zero-order chi connectivity index (χ0) is 28.0. The Bertz CT molecular complexity index is 507. The van der Waals surface area contributed by atoms with Crippen LogP contribution in [0.25, 0.3) is 0 Å². The van der Waals surface area contributed by atoms with Crippen LogP contribution in [0.5, 0.6) is 0 Å². The van der Waals surface area contributed by atoms with Crippen LogP contribution < -0.4 is 0 Å². The third-order valence-corrected chi connectivity index (χ3v) is 7.74. The van der Waals surface area contributed by atoms with Crippen molar-refractivity contribution >= 4 is 5.97 Å². The number of carbonyl (C=O) groups is 1. The molecule has 0 atom stereocenters. The third-order valence-electron chi connectivity index (χ3n) is 7.74. The lowest BCUT2D eigenvalue weighted by atomic mass is 10.0. The normalized spacial score (nSPS) is 11.7. The Morgan fingerprint density at radius 3 is 1.08 bits per heavy atom. The summed E-state index contributed by atoms with van der Waals surface area (Å²) in [6, 6.07) is 0. The molecule has 0 radical (unpaired) electrons. The summed E-state index contributed by atoms with van der Waals surface area (Å²) in [5.74, 6) is -3.71. The quantitative estimate of drug-likeness (QED) is 0.0494. The number of unbranched alkanes of at least 4 members (excludes halogenated alkanes) is 26. The van der Waals surface area contributed by atoms with Crippen LogP contribution >= 0.6 is 0 Å². The van der Waals surface area contributed by atoms with Gasteiger partial charge < -0.3 is 4.74 Å². The molecule has 0 aromatic carbocycles. The molecule has 0 rings (SSSR count). The van der Waals surface area contributed by atoms with Crippen molar-refractivity contribution in [1.29, 1.82) is 0 Å². The number of esters is 1. The van der Waals surface area contributed by atoms with E-state index in [-0.39, 0.29) is 6.42 Å². The van der Waals surface area contributed by atoms with Gasteiger partial charge in [-0.05, 0) is 6.42 Å². The average Bonchev–Trinajstić information content (AvgIpc) is 2.91. The molecule has 0 unspecified atom stereocenters. The van der Waals surface area contributed by atoms with Crippen molar-refractivity contribution < 1.29 is 18.3 Å². The van der Waals surface area contributed by atoms with Gasteiger partial charge in [0.15, 0.2) is 6.61 Å². The monoisotopic (exact) mass is 542 g/mol. The van der Waals surface area contributed by atoms with Gasteiger partial charge in [-0.3, -0.25) is 0 Å². The summed E-state index contributed by atoms with van der Waals surface area (Å²) in [5.41, 5.74) is 0. The van der Waals surface area contributed by atoms with E-state index in [1.807, 2.05) is 0 Å². The van der Waals surface area contributed by atoms with Gasteiger partial charge in [-0.15, -0.1) is 0 Å². The maximum atomic E-state index is 13.6. The molecule has 226 valence electrons.